The second-order valence-corrected chi connectivity index (χ2v) is 5.21. The molecule has 1 unspecified atom stereocenters. The molecule has 0 aliphatic carbocycles. The molecular weight excluding hydrogens is 281 g/mol. The van der Waals surface area contributed by atoms with E-state index in [1.54, 1.807) is 11.9 Å². The quantitative estimate of drug-likeness (QED) is 0.921. The minimum Gasteiger partial charge on any atom is -0.387 e. The van der Waals surface area contributed by atoms with E-state index in [0.29, 0.717) is 12.2 Å². The maximum atomic E-state index is 12.8. The van der Waals surface area contributed by atoms with Gasteiger partial charge in [-0.1, -0.05) is 6.92 Å². The summed E-state index contributed by atoms with van der Waals surface area (Å²) in [7, 11) is 1.60. The number of carbonyl (C=O) groups is 1. The Morgan fingerprint density at radius 3 is 2.71 bits per heavy atom. The molecule has 0 aromatic heterocycles. The van der Waals surface area contributed by atoms with Crippen LogP contribution in [0.4, 0.5) is 18.9 Å². The molecule has 1 atom stereocenters. The van der Waals surface area contributed by atoms with Crippen molar-refractivity contribution < 1.29 is 18.0 Å². The minimum absolute atomic E-state index is 0.0904. The van der Waals surface area contributed by atoms with Crippen LogP contribution in [-0.4, -0.2) is 30.4 Å². The van der Waals surface area contributed by atoms with Crippen molar-refractivity contribution >= 4 is 11.6 Å². The third-order valence-corrected chi connectivity index (χ3v) is 3.96. The van der Waals surface area contributed by atoms with Gasteiger partial charge in [0.1, 0.15) is 0 Å². The van der Waals surface area contributed by atoms with Crippen LogP contribution in [0.15, 0.2) is 18.2 Å². The van der Waals surface area contributed by atoms with E-state index < -0.39 is 11.7 Å². The summed E-state index contributed by atoms with van der Waals surface area (Å²) in [6, 6.07) is 3.37. The third-order valence-electron chi connectivity index (χ3n) is 3.96. The highest BCUT2D eigenvalue weighted by Gasteiger charge is 2.34. The van der Waals surface area contributed by atoms with Crippen LogP contribution in [0.25, 0.3) is 0 Å². The van der Waals surface area contributed by atoms with E-state index in [2.05, 4.69) is 5.32 Å². The van der Waals surface area contributed by atoms with Gasteiger partial charge in [0.2, 0.25) is 0 Å². The topological polar surface area (TPSA) is 32.3 Å². The van der Waals surface area contributed by atoms with E-state index in [0.717, 1.165) is 31.4 Å². The fraction of sp³-hybridized carbons (Fsp3) is 0.533. The normalized spacial score (nSPS) is 18.9. The molecule has 1 aromatic carbocycles. The number of hydrogen-bond acceptors (Lipinski definition) is 2. The molecule has 116 valence electrons. The SMILES string of the molecule is CCC1CCCN1C(=O)c1cc(C(F)(F)F)ccc1NC. The summed E-state index contributed by atoms with van der Waals surface area (Å²) in [4.78, 5) is 14.3. The fourth-order valence-corrected chi connectivity index (χ4v) is 2.80. The number of rotatable bonds is 3. The van der Waals surface area contributed by atoms with E-state index in [1.165, 1.54) is 6.07 Å². The van der Waals surface area contributed by atoms with Crippen molar-refractivity contribution in [2.24, 2.45) is 0 Å². The monoisotopic (exact) mass is 300 g/mol. The summed E-state index contributed by atoms with van der Waals surface area (Å²) in [5.41, 5.74) is -0.278. The van der Waals surface area contributed by atoms with Gasteiger partial charge in [0.15, 0.2) is 0 Å². The van der Waals surface area contributed by atoms with Crippen molar-refractivity contribution in [3.63, 3.8) is 0 Å². The second kappa shape index (κ2) is 5.95. The van der Waals surface area contributed by atoms with Gasteiger partial charge in [-0.3, -0.25) is 4.79 Å². The largest absolute Gasteiger partial charge is 0.416 e. The number of alkyl halides is 3. The predicted octanol–water partition coefficient (Wildman–Crippen LogP) is 3.76. The summed E-state index contributed by atoms with van der Waals surface area (Å²) in [6.07, 6.45) is -1.82. The van der Waals surface area contributed by atoms with Crippen molar-refractivity contribution in [2.45, 2.75) is 38.4 Å². The lowest BCUT2D eigenvalue weighted by Gasteiger charge is -2.25. The van der Waals surface area contributed by atoms with Crippen LogP contribution in [0, 0.1) is 0 Å². The van der Waals surface area contributed by atoms with Crippen LogP contribution in [0.2, 0.25) is 0 Å². The molecule has 1 heterocycles. The zero-order chi connectivity index (χ0) is 15.6. The van der Waals surface area contributed by atoms with Crippen LogP contribution >= 0.6 is 0 Å². The second-order valence-electron chi connectivity index (χ2n) is 5.21. The molecule has 1 aliphatic heterocycles. The van der Waals surface area contributed by atoms with E-state index in [4.69, 9.17) is 0 Å². The molecule has 1 N–H and O–H groups in total. The summed E-state index contributed by atoms with van der Waals surface area (Å²) >= 11 is 0. The number of nitrogens with zero attached hydrogens (tertiary/aromatic N) is 1. The number of halogens is 3. The van der Waals surface area contributed by atoms with E-state index in [9.17, 15) is 18.0 Å². The standard InChI is InChI=1S/C15H19F3N2O/c1-3-11-5-4-8-20(11)14(21)12-9-10(15(16,17)18)6-7-13(12)19-2/h6-7,9,11,19H,3-5,8H2,1-2H3. The molecule has 0 radical (unpaired) electrons. The first-order valence-corrected chi connectivity index (χ1v) is 7.08. The first-order chi connectivity index (χ1) is 9.88. The molecule has 2 rings (SSSR count). The number of nitrogens with one attached hydrogen (secondary N) is 1. The molecule has 0 bridgehead atoms. The lowest BCUT2D eigenvalue weighted by Crippen LogP contribution is -2.35. The zero-order valence-corrected chi connectivity index (χ0v) is 12.1. The number of hydrogen-bond donors (Lipinski definition) is 1. The highest BCUT2D eigenvalue weighted by molar-refractivity contribution is 6.00. The average Bonchev–Trinajstić information content (AvgIpc) is 2.93. The van der Waals surface area contributed by atoms with Gasteiger partial charge >= 0.3 is 6.18 Å². The number of amides is 1. The van der Waals surface area contributed by atoms with Crippen LogP contribution in [0.3, 0.4) is 0 Å². The third kappa shape index (κ3) is 3.14. The Morgan fingerprint density at radius 2 is 2.14 bits per heavy atom. The Morgan fingerprint density at radius 1 is 1.43 bits per heavy atom. The van der Waals surface area contributed by atoms with Gasteiger partial charge in [0.05, 0.1) is 11.1 Å². The van der Waals surface area contributed by atoms with E-state index in [1.807, 2.05) is 6.92 Å². The molecule has 3 nitrogen and oxygen atoms in total. The highest BCUT2D eigenvalue weighted by atomic mass is 19.4. The molecular formula is C15H19F3N2O. The van der Waals surface area contributed by atoms with Crippen LogP contribution in [-0.2, 0) is 6.18 Å². The molecule has 0 spiro atoms. The lowest BCUT2D eigenvalue weighted by molar-refractivity contribution is -0.137. The molecule has 1 amide bonds. The number of anilines is 1. The van der Waals surface area contributed by atoms with Crippen LogP contribution in [0.1, 0.15) is 42.1 Å². The van der Waals surface area contributed by atoms with Gasteiger partial charge in [-0.15, -0.1) is 0 Å². The maximum Gasteiger partial charge on any atom is 0.416 e. The van der Waals surface area contributed by atoms with Crippen molar-refractivity contribution in [1.29, 1.82) is 0 Å². The van der Waals surface area contributed by atoms with Gasteiger partial charge in [-0.25, -0.2) is 0 Å². The molecule has 1 aliphatic rings. The molecule has 1 aromatic rings. The summed E-state index contributed by atoms with van der Waals surface area (Å²) < 4.78 is 38.5. The lowest BCUT2D eigenvalue weighted by atomic mass is 10.1. The van der Waals surface area contributed by atoms with Gasteiger partial charge in [0.25, 0.3) is 5.91 Å². The first kappa shape index (κ1) is 15.7. The summed E-state index contributed by atoms with van der Waals surface area (Å²) in [5.74, 6) is -0.324. The minimum atomic E-state index is -4.45. The molecule has 0 saturated carbocycles. The Labute approximate surface area is 122 Å². The average molecular weight is 300 g/mol. The van der Waals surface area contributed by atoms with Crippen molar-refractivity contribution in [2.75, 3.05) is 18.9 Å². The van der Waals surface area contributed by atoms with Crippen LogP contribution < -0.4 is 5.32 Å². The Kier molecular flexibility index (Phi) is 4.44. The summed E-state index contributed by atoms with van der Waals surface area (Å²) in [5, 5.41) is 2.80. The Hall–Kier alpha value is -1.72. The van der Waals surface area contributed by atoms with Crippen molar-refractivity contribution in [1.82, 2.24) is 4.90 Å². The molecule has 1 saturated heterocycles. The number of carbonyl (C=O) groups excluding carboxylic acids is 1. The van der Waals surface area contributed by atoms with Gasteiger partial charge in [0, 0.05) is 25.3 Å². The predicted molar refractivity (Wildman–Crippen MR) is 75.3 cm³/mol. The molecule has 1 fully saturated rings. The zero-order valence-electron chi connectivity index (χ0n) is 12.1. The van der Waals surface area contributed by atoms with Gasteiger partial charge in [-0.2, -0.15) is 13.2 Å². The summed E-state index contributed by atoms with van der Waals surface area (Å²) in [6.45, 7) is 2.60. The Bertz CT molecular complexity index is 528. The smallest absolute Gasteiger partial charge is 0.387 e. The Balaban J connectivity index is 2.39. The van der Waals surface area contributed by atoms with Crippen molar-refractivity contribution in [3.05, 3.63) is 29.3 Å². The maximum absolute atomic E-state index is 12.8. The molecule has 6 heteroatoms. The van der Waals surface area contributed by atoms with Gasteiger partial charge < -0.3 is 10.2 Å². The highest BCUT2D eigenvalue weighted by Crippen LogP contribution is 2.33. The van der Waals surface area contributed by atoms with Crippen molar-refractivity contribution in [3.8, 4) is 0 Å². The number of likely N-dealkylation sites (tertiary alicyclic amines) is 1. The van der Waals surface area contributed by atoms with E-state index >= 15 is 0 Å². The first-order valence-electron chi connectivity index (χ1n) is 7.08. The fourth-order valence-electron chi connectivity index (χ4n) is 2.80. The molecule has 21 heavy (non-hydrogen) atoms. The van der Waals surface area contributed by atoms with E-state index in [-0.39, 0.29) is 17.5 Å². The van der Waals surface area contributed by atoms with Gasteiger partial charge in [-0.05, 0) is 37.5 Å². The number of benzene rings is 1. The van der Waals surface area contributed by atoms with Crippen LogP contribution in [0.5, 0.6) is 0 Å².